The first-order chi connectivity index (χ1) is 8.12. The number of nitrogens with zero attached hydrogens (tertiary/aromatic N) is 2. The SMILES string of the molecule is CC(C)n1nc(C(F)(F)F)c2c1CCC(F)(F)C2. The lowest BCUT2D eigenvalue weighted by Gasteiger charge is -2.23. The van der Waals surface area contributed by atoms with Crippen molar-refractivity contribution in [3.05, 3.63) is 17.0 Å². The van der Waals surface area contributed by atoms with Gasteiger partial charge in [-0.15, -0.1) is 0 Å². The molecule has 1 heterocycles. The van der Waals surface area contributed by atoms with E-state index in [1.807, 2.05) is 0 Å². The molecule has 0 fully saturated rings. The molecule has 0 aromatic carbocycles. The van der Waals surface area contributed by atoms with Crippen LogP contribution in [0.4, 0.5) is 22.0 Å². The first-order valence-corrected chi connectivity index (χ1v) is 5.67. The van der Waals surface area contributed by atoms with Crippen molar-refractivity contribution in [2.24, 2.45) is 0 Å². The van der Waals surface area contributed by atoms with E-state index in [0.29, 0.717) is 5.69 Å². The van der Waals surface area contributed by atoms with Crippen LogP contribution in [0.15, 0.2) is 0 Å². The fourth-order valence-corrected chi connectivity index (χ4v) is 2.26. The molecule has 0 N–H and O–H groups in total. The van der Waals surface area contributed by atoms with Crippen LogP contribution in [0, 0.1) is 0 Å². The minimum atomic E-state index is -4.68. The summed E-state index contributed by atoms with van der Waals surface area (Å²) in [6.45, 7) is 3.36. The van der Waals surface area contributed by atoms with Gasteiger partial charge in [0, 0.05) is 30.1 Å². The lowest BCUT2D eigenvalue weighted by Crippen LogP contribution is -2.28. The van der Waals surface area contributed by atoms with Gasteiger partial charge < -0.3 is 0 Å². The minimum absolute atomic E-state index is 0.0659. The van der Waals surface area contributed by atoms with E-state index in [1.54, 1.807) is 13.8 Å². The van der Waals surface area contributed by atoms with Gasteiger partial charge in [-0.3, -0.25) is 4.68 Å². The highest BCUT2D eigenvalue weighted by Gasteiger charge is 2.45. The van der Waals surface area contributed by atoms with Gasteiger partial charge in [-0.05, 0) is 20.3 Å². The van der Waals surface area contributed by atoms with Crippen LogP contribution in [0.5, 0.6) is 0 Å². The normalized spacial score (nSPS) is 19.1. The van der Waals surface area contributed by atoms with Gasteiger partial charge in [0.25, 0.3) is 5.92 Å². The Labute approximate surface area is 101 Å². The van der Waals surface area contributed by atoms with Crippen molar-refractivity contribution < 1.29 is 22.0 Å². The Kier molecular flexibility index (Phi) is 2.90. The highest BCUT2D eigenvalue weighted by molar-refractivity contribution is 5.32. The van der Waals surface area contributed by atoms with E-state index in [1.165, 1.54) is 4.68 Å². The molecule has 0 amide bonds. The minimum Gasteiger partial charge on any atom is -0.266 e. The van der Waals surface area contributed by atoms with Gasteiger partial charge in [-0.1, -0.05) is 0 Å². The van der Waals surface area contributed by atoms with E-state index in [-0.39, 0.29) is 18.0 Å². The molecule has 18 heavy (non-hydrogen) atoms. The van der Waals surface area contributed by atoms with Crippen LogP contribution in [-0.2, 0) is 19.0 Å². The third-order valence-electron chi connectivity index (χ3n) is 3.04. The highest BCUT2D eigenvalue weighted by atomic mass is 19.4. The second-order valence-electron chi connectivity index (χ2n) is 4.84. The average molecular weight is 268 g/mol. The summed E-state index contributed by atoms with van der Waals surface area (Å²) >= 11 is 0. The molecular weight excluding hydrogens is 255 g/mol. The Hall–Kier alpha value is -1.14. The molecule has 0 atom stereocenters. The molecule has 1 aromatic rings. The molecule has 0 bridgehead atoms. The smallest absolute Gasteiger partial charge is 0.266 e. The van der Waals surface area contributed by atoms with E-state index < -0.39 is 30.6 Å². The van der Waals surface area contributed by atoms with Crippen LogP contribution in [0.2, 0.25) is 0 Å². The van der Waals surface area contributed by atoms with Crippen LogP contribution in [0.25, 0.3) is 0 Å². The van der Waals surface area contributed by atoms with Gasteiger partial charge >= 0.3 is 6.18 Å². The Morgan fingerprint density at radius 2 is 1.89 bits per heavy atom. The molecule has 102 valence electrons. The first kappa shape index (κ1) is 13.3. The third kappa shape index (κ3) is 2.22. The highest BCUT2D eigenvalue weighted by Crippen LogP contribution is 2.40. The number of halogens is 5. The van der Waals surface area contributed by atoms with E-state index >= 15 is 0 Å². The number of alkyl halides is 5. The molecule has 0 spiro atoms. The number of fused-ring (bicyclic) bond motifs is 1. The zero-order valence-electron chi connectivity index (χ0n) is 9.98. The maximum absolute atomic E-state index is 13.3. The molecule has 1 aromatic heterocycles. The molecule has 0 saturated heterocycles. The summed E-state index contributed by atoms with van der Waals surface area (Å²) in [4.78, 5) is 0. The van der Waals surface area contributed by atoms with Gasteiger partial charge in [0.15, 0.2) is 5.69 Å². The summed E-state index contributed by atoms with van der Waals surface area (Å²) < 4.78 is 66.1. The second kappa shape index (κ2) is 3.93. The van der Waals surface area contributed by atoms with E-state index in [9.17, 15) is 22.0 Å². The summed E-state index contributed by atoms with van der Waals surface area (Å²) in [5.41, 5.74) is -1.21. The quantitative estimate of drug-likeness (QED) is 0.711. The molecular formula is C11H13F5N2. The lowest BCUT2D eigenvalue weighted by atomic mass is 9.92. The molecule has 1 aliphatic rings. The third-order valence-corrected chi connectivity index (χ3v) is 3.04. The largest absolute Gasteiger partial charge is 0.435 e. The monoisotopic (exact) mass is 268 g/mol. The number of hydrogen-bond donors (Lipinski definition) is 0. The van der Waals surface area contributed by atoms with Crippen molar-refractivity contribution in [3.8, 4) is 0 Å². The summed E-state index contributed by atoms with van der Waals surface area (Å²) in [7, 11) is 0. The maximum atomic E-state index is 13.3. The molecule has 0 saturated carbocycles. The molecule has 7 heteroatoms. The zero-order valence-corrected chi connectivity index (χ0v) is 9.98. The fraction of sp³-hybridized carbons (Fsp3) is 0.727. The summed E-state index contributed by atoms with van der Waals surface area (Å²) in [6.07, 6.45) is -6.04. The fourth-order valence-electron chi connectivity index (χ4n) is 2.26. The summed E-state index contributed by atoms with van der Waals surface area (Å²) in [6, 6.07) is -0.276. The van der Waals surface area contributed by atoms with Crippen LogP contribution in [-0.4, -0.2) is 15.7 Å². The predicted molar refractivity (Wildman–Crippen MR) is 54.6 cm³/mol. The van der Waals surface area contributed by atoms with Crippen molar-refractivity contribution >= 4 is 0 Å². The second-order valence-corrected chi connectivity index (χ2v) is 4.84. The average Bonchev–Trinajstić information content (AvgIpc) is 2.53. The van der Waals surface area contributed by atoms with Gasteiger partial charge in [0.2, 0.25) is 0 Å². The van der Waals surface area contributed by atoms with Crippen LogP contribution in [0.3, 0.4) is 0 Å². The number of aromatic nitrogens is 2. The molecule has 1 aliphatic carbocycles. The van der Waals surface area contributed by atoms with Crippen molar-refractivity contribution in [1.29, 1.82) is 0 Å². The number of rotatable bonds is 1. The Balaban J connectivity index is 2.57. The molecule has 0 radical (unpaired) electrons. The number of hydrogen-bond acceptors (Lipinski definition) is 1. The van der Waals surface area contributed by atoms with Gasteiger partial charge in [0.1, 0.15) is 0 Å². The van der Waals surface area contributed by atoms with Crippen molar-refractivity contribution in [3.63, 3.8) is 0 Å². The van der Waals surface area contributed by atoms with Crippen molar-refractivity contribution in [1.82, 2.24) is 9.78 Å². The standard InChI is InChI=1S/C11H13F5N2/c1-6(2)18-8-3-4-10(12,13)5-7(8)9(17-18)11(14,15)16/h6H,3-5H2,1-2H3. The van der Waals surface area contributed by atoms with Gasteiger partial charge in [0.05, 0.1) is 0 Å². The Morgan fingerprint density at radius 3 is 2.39 bits per heavy atom. The molecule has 2 rings (SSSR count). The summed E-state index contributed by atoms with van der Waals surface area (Å²) in [5.74, 6) is -3.07. The van der Waals surface area contributed by atoms with Gasteiger partial charge in [-0.2, -0.15) is 18.3 Å². The van der Waals surface area contributed by atoms with Crippen LogP contribution < -0.4 is 0 Å². The van der Waals surface area contributed by atoms with E-state index in [0.717, 1.165) is 0 Å². The molecule has 2 nitrogen and oxygen atoms in total. The predicted octanol–water partition coefficient (Wildman–Crippen LogP) is 3.61. The topological polar surface area (TPSA) is 17.8 Å². The molecule has 0 aliphatic heterocycles. The van der Waals surface area contributed by atoms with E-state index in [2.05, 4.69) is 5.10 Å². The Morgan fingerprint density at radius 1 is 1.28 bits per heavy atom. The Bertz CT molecular complexity index is 459. The van der Waals surface area contributed by atoms with Gasteiger partial charge in [-0.25, -0.2) is 8.78 Å². The zero-order chi connectivity index (χ0) is 13.7. The van der Waals surface area contributed by atoms with Crippen molar-refractivity contribution in [2.45, 2.75) is 51.3 Å². The first-order valence-electron chi connectivity index (χ1n) is 5.67. The van der Waals surface area contributed by atoms with Crippen molar-refractivity contribution in [2.75, 3.05) is 0 Å². The van der Waals surface area contributed by atoms with Crippen LogP contribution in [0.1, 0.15) is 43.3 Å². The van der Waals surface area contributed by atoms with E-state index in [4.69, 9.17) is 0 Å². The summed E-state index contributed by atoms with van der Waals surface area (Å²) in [5, 5.41) is 3.49. The maximum Gasteiger partial charge on any atom is 0.435 e. The van der Waals surface area contributed by atoms with Crippen LogP contribution >= 0.6 is 0 Å². The lowest BCUT2D eigenvalue weighted by molar-refractivity contribution is -0.142. The molecule has 0 unspecified atom stereocenters.